The summed E-state index contributed by atoms with van der Waals surface area (Å²) in [6.45, 7) is 1.74. The molecule has 4 aromatic rings. The molecule has 1 aliphatic carbocycles. The molecule has 3 aromatic carbocycles. The molecular weight excluding hydrogens is 580 g/mol. The Morgan fingerprint density at radius 1 is 1.15 bits per heavy atom. The number of nitrogens with one attached hydrogen (secondary N) is 1. The number of aromatic nitrogens is 2. The second kappa shape index (κ2) is 12.1. The van der Waals surface area contributed by atoms with E-state index < -0.39 is 0 Å². The summed E-state index contributed by atoms with van der Waals surface area (Å²) in [4.78, 5) is 30.7. The molecule has 1 saturated carbocycles. The zero-order valence-corrected chi connectivity index (χ0v) is 23.8. The van der Waals surface area contributed by atoms with Crippen LogP contribution in [-0.2, 0) is 4.79 Å². The van der Waals surface area contributed by atoms with Gasteiger partial charge in [-0.2, -0.15) is 9.78 Å². The van der Waals surface area contributed by atoms with E-state index >= 15 is 0 Å². The number of carbonyl (C=O) groups excluding carboxylic acids is 1. The van der Waals surface area contributed by atoms with Gasteiger partial charge in [0.2, 0.25) is 0 Å². The quantitative estimate of drug-likeness (QED) is 0.228. The highest BCUT2D eigenvalue weighted by molar-refractivity contribution is 9.10. The lowest BCUT2D eigenvalue weighted by Crippen LogP contribution is -2.25. The molecule has 1 N–H and O–H groups in total. The first-order chi connectivity index (χ1) is 18.9. The van der Waals surface area contributed by atoms with Gasteiger partial charge in [-0.3, -0.25) is 9.59 Å². The van der Waals surface area contributed by atoms with Crippen LogP contribution in [0.1, 0.15) is 55.0 Å². The molecule has 0 unspecified atom stereocenters. The highest BCUT2D eigenvalue weighted by Crippen LogP contribution is 2.32. The molecule has 1 fully saturated rings. The van der Waals surface area contributed by atoms with Gasteiger partial charge >= 0.3 is 0 Å². The Kier molecular flexibility index (Phi) is 8.43. The maximum Gasteiger partial charge on any atom is 0.282 e. The summed E-state index contributed by atoms with van der Waals surface area (Å²) in [5.74, 6) is 0.973. The molecule has 0 atom stereocenters. The number of anilines is 1. The number of nitrogens with zero attached hydrogens (tertiary/aromatic N) is 3. The third kappa shape index (κ3) is 6.40. The molecule has 7 nitrogen and oxygen atoms in total. The van der Waals surface area contributed by atoms with Crippen molar-refractivity contribution >= 4 is 56.2 Å². The number of hydrogen-bond donors (Lipinski definition) is 1. The highest BCUT2D eigenvalue weighted by Gasteiger charge is 2.22. The molecule has 1 heterocycles. The number of carbonyl (C=O) groups is 1. The normalized spacial score (nSPS) is 14.1. The predicted octanol–water partition coefficient (Wildman–Crippen LogP) is 7.07. The van der Waals surface area contributed by atoms with Crippen molar-refractivity contribution in [3.05, 3.63) is 97.5 Å². The number of ether oxygens (including phenoxy) is 1. The predicted molar refractivity (Wildman–Crippen MR) is 159 cm³/mol. The fourth-order valence-electron chi connectivity index (χ4n) is 4.78. The van der Waals surface area contributed by atoms with E-state index in [2.05, 4.69) is 26.3 Å². The molecule has 0 bridgehead atoms. The molecule has 0 saturated heterocycles. The molecule has 1 amide bonds. The number of amides is 1. The van der Waals surface area contributed by atoms with E-state index in [1.54, 1.807) is 30.5 Å². The molecule has 200 valence electrons. The molecule has 1 aromatic heterocycles. The van der Waals surface area contributed by atoms with Crippen LogP contribution in [0.3, 0.4) is 0 Å². The van der Waals surface area contributed by atoms with Crippen molar-refractivity contribution in [1.29, 1.82) is 0 Å². The largest absolute Gasteiger partial charge is 0.482 e. The van der Waals surface area contributed by atoms with Gasteiger partial charge in [0.1, 0.15) is 11.6 Å². The zero-order chi connectivity index (χ0) is 27.4. The van der Waals surface area contributed by atoms with Crippen molar-refractivity contribution in [1.82, 2.24) is 9.66 Å². The van der Waals surface area contributed by atoms with Gasteiger partial charge in [-0.25, -0.2) is 4.98 Å². The van der Waals surface area contributed by atoms with E-state index in [1.165, 1.54) is 11.1 Å². The summed E-state index contributed by atoms with van der Waals surface area (Å²) in [5, 5.41) is 8.25. The zero-order valence-electron chi connectivity index (χ0n) is 21.5. The van der Waals surface area contributed by atoms with Gasteiger partial charge in [-0.05, 0) is 73.4 Å². The van der Waals surface area contributed by atoms with Gasteiger partial charge in [-0.1, -0.05) is 65.0 Å². The summed E-state index contributed by atoms with van der Waals surface area (Å²) in [7, 11) is 0. The minimum Gasteiger partial charge on any atom is -0.482 e. The van der Waals surface area contributed by atoms with Gasteiger partial charge in [0.25, 0.3) is 11.5 Å². The fraction of sp³-hybridized carbons (Fsp3) is 0.267. The summed E-state index contributed by atoms with van der Waals surface area (Å²) in [6, 6.07) is 18.2. The van der Waals surface area contributed by atoms with E-state index in [1.807, 2.05) is 43.3 Å². The Labute approximate surface area is 240 Å². The van der Waals surface area contributed by atoms with Crippen LogP contribution >= 0.6 is 27.5 Å². The van der Waals surface area contributed by atoms with Crippen molar-refractivity contribution in [2.45, 2.75) is 44.9 Å². The monoisotopic (exact) mass is 606 g/mol. The van der Waals surface area contributed by atoms with Crippen molar-refractivity contribution in [2.75, 3.05) is 11.9 Å². The van der Waals surface area contributed by atoms with Crippen LogP contribution in [0, 0.1) is 6.92 Å². The first-order valence-electron chi connectivity index (χ1n) is 12.9. The number of hydrogen-bond acceptors (Lipinski definition) is 5. The Morgan fingerprint density at radius 3 is 2.72 bits per heavy atom. The summed E-state index contributed by atoms with van der Waals surface area (Å²) in [6.07, 6.45) is 6.99. The molecule has 1 aliphatic rings. The lowest BCUT2D eigenvalue weighted by atomic mass is 9.88. The third-order valence-corrected chi connectivity index (χ3v) is 7.65. The van der Waals surface area contributed by atoms with E-state index in [9.17, 15) is 9.59 Å². The topological polar surface area (TPSA) is 85.6 Å². The van der Waals surface area contributed by atoms with Crippen molar-refractivity contribution in [2.24, 2.45) is 5.10 Å². The lowest BCUT2D eigenvalue weighted by Gasteiger charge is -2.22. The van der Waals surface area contributed by atoms with Gasteiger partial charge in [0.05, 0.1) is 22.1 Å². The van der Waals surface area contributed by atoms with Gasteiger partial charge in [0.15, 0.2) is 6.61 Å². The maximum absolute atomic E-state index is 13.5. The Bertz CT molecular complexity index is 1610. The number of aryl methyl sites for hydroxylation is 1. The maximum atomic E-state index is 13.5. The third-order valence-electron chi connectivity index (χ3n) is 6.86. The Balaban J connectivity index is 1.36. The first-order valence-corrected chi connectivity index (χ1v) is 14.1. The van der Waals surface area contributed by atoms with Crippen molar-refractivity contribution in [3.8, 4) is 5.75 Å². The van der Waals surface area contributed by atoms with Crippen LogP contribution in [0.15, 0.2) is 75.0 Å². The molecule has 9 heteroatoms. The molecule has 5 rings (SSSR count). The first kappa shape index (κ1) is 27.1. The van der Waals surface area contributed by atoms with Crippen LogP contribution in [-0.4, -0.2) is 28.4 Å². The molecule has 0 radical (unpaired) electrons. The second-order valence-corrected chi connectivity index (χ2v) is 11.0. The van der Waals surface area contributed by atoms with Gasteiger partial charge in [-0.15, -0.1) is 0 Å². The smallest absolute Gasteiger partial charge is 0.282 e. The van der Waals surface area contributed by atoms with Crippen LogP contribution in [0.4, 0.5) is 5.69 Å². The standard InChI is InChI=1S/C30H28BrClN4O3/c1-19-7-5-6-10-25(19)34-28(37)18-39-27-14-11-20(15-24(27)32)17-33-36-29(21-8-3-2-4-9-21)35-26-13-12-22(31)16-23(26)30(36)38/h5-7,10-17,21H,2-4,8-9,18H2,1H3,(H,34,37). The SMILES string of the molecule is Cc1ccccc1NC(=O)COc1ccc(C=Nn2c(C3CCCCC3)nc3ccc(Br)cc3c2=O)cc1Cl. The van der Waals surface area contributed by atoms with E-state index in [4.69, 9.17) is 21.3 Å². The molecule has 0 aliphatic heterocycles. The van der Waals surface area contributed by atoms with Gasteiger partial charge in [0, 0.05) is 16.1 Å². The fourth-order valence-corrected chi connectivity index (χ4v) is 5.39. The Hall–Kier alpha value is -3.49. The van der Waals surface area contributed by atoms with E-state index in [0.717, 1.165) is 41.4 Å². The number of halogens is 2. The van der Waals surface area contributed by atoms with Crippen molar-refractivity contribution in [3.63, 3.8) is 0 Å². The summed E-state index contributed by atoms with van der Waals surface area (Å²) < 4.78 is 7.89. The molecular formula is C30H28BrClN4O3. The second-order valence-electron chi connectivity index (χ2n) is 9.67. The number of para-hydroxylation sites is 1. The van der Waals surface area contributed by atoms with Crippen LogP contribution < -0.4 is 15.6 Å². The van der Waals surface area contributed by atoms with E-state index in [-0.39, 0.29) is 24.0 Å². The average molecular weight is 608 g/mol. The molecule has 0 spiro atoms. The molecule has 39 heavy (non-hydrogen) atoms. The summed E-state index contributed by atoms with van der Waals surface area (Å²) >= 11 is 9.91. The summed E-state index contributed by atoms with van der Waals surface area (Å²) in [5.41, 5.74) is 2.86. The highest BCUT2D eigenvalue weighted by atomic mass is 79.9. The number of fused-ring (bicyclic) bond motifs is 1. The number of rotatable bonds is 7. The number of benzene rings is 3. The van der Waals surface area contributed by atoms with E-state index in [0.29, 0.717) is 33.1 Å². The van der Waals surface area contributed by atoms with Crippen molar-refractivity contribution < 1.29 is 9.53 Å². The Morgan fingerprint density at radius 2 is 1.95 bits per heavy atom. The van der Waals surface area contributed by atoms with Crippen LogP contribution in [0.2, 0.25) is 5.02 Å². The van der Waals surface area contributed by atoms with Crippen LogP contribution in [0.5, 0.6) is 5.75 Å². The average Bonchev–Trinajstić information content (AvgIpc) is 2.94. The minimum absolute atomic E-state index is 0.181. The minimum atomic E-state index is -0.281. The van der Waals surface area contributed by atoms with Gasteiger partial charge < -0.3 is 10.1 Å². The van der Waals surface area contributed by atoms with Crippen LogP contribution in [0.25, 0.3) is 10.9 Å². The lowest BCUT2D eigenvalue weighted by molar-refractivity contribution is -0.118.